The summed E-state index contributed by atoms with van der Waals surface area (Å²) >= 11 is 2.73. The number of aromatic nitrogens is 3. The molecule has 1 aromatic carbocycles. The fourth-order valence-electron chi connectivity index (χ4n) is 2.37. The molecule has 1 N–H and O–H groups in total. The molecule has 0 bridgehead atoms. The molecule has 0 unspecified atom stereocenters. The van der Waals surface area contributed by atoms with Crippen LogP contribution in [0, 0.1) is 0 Å². The first kappa shape index (κ1) is 17.4. The van der Waals surface area contributed by atoms with Crippen molar-refractivity contribution in [3.05, 3.63) is 41.2 Å². The van der Waals surface area contributed by atoms with Crippen LogP contribution in [0.4, 0.5) is 5.13 Å². The summed E-state index contributed by atoms with van der Waals surface area (Å²) in [5.41, 5.74) is 1.78. The molecule has 0 spiro atoms. The van der Waals surface area contributed by atoms with Crippen LogP contribution in [-0.4, -0.2) is 39.8 Å². The average molecular weight is 376 g/mol. The van der Waals surface area contributed by atoms with Crippen molar-refractivity contribution in [3.63, 3.8) is 0 Å². The number of amides is 1. The van der Waals surface area contributed by atoms with Gasteiger partial charge in [0.2, 0.25) is 5.91 Å². The summed E-state index contributed by atoms with van der Waals surface area (Å²) in [5.74, 6) is 0.862. The Kier molecular flexibility index (Phi) is 5.34. The first-order valence-electron chi connectivity index (χ1n) is 7.39. The number of hydrogen-bond acceptors (Lipinski definition) is 7. The Morgan fingerprint density at radius 3 is 2.92 bits per heavy atom. The molecule has 3 rings (SSSR count). The van der Waals surface area contributed by atoms with Crippen molar-refractivity contribution in [2.75, 3.05) is 18.7 Å². The van der Waals surface area contributed by atoms with Gasteiger partial charge in [-0.25, -0.2) is 14.8 Å². The predicted molar refractivity (Wildman–Crippen MR) is 99.0 cm³/mol. The maximum Gasteiger partial charge on any atom is 0.349 e. The number of methoxy groups -OCH3 is 1. The highest BCUT2D eigenvalue weighted by molar-refractivity contribution is 7.97. The number of carbonyl (C=O) groups is 2. The van der Waals surface area contributed by atoms with E-state index in [0.29, 0.717) is 15.8 Å². The molecule has 130 valence electrons. The molecule has 0 aliphatic carbocycles. The van der Waals surface area contributed by atoms with Gasteiger partial charge in [-0.1, -0.05) is 23.5 Å². The Labute approximate surface area is 152 Å². The predicted octanol–water partition coefficient (Wildman–Crippen LogP) is 2.78. The zero-order chi connectivity index (χ0) is 17.8. The van der Waals surface area contributed by atoms with Crippen molar-refractivity contribution >= 4 is 51.1 Å². The van der Waals surface area contributed by atoms with Gasteiger partial charge in [0.15, 0.2) is 5.13 Å². The van der Waals surface area contributed by atoms with E-state index in [2.05, 4.69) is 20.0 Å². The third-order valence-electron chi connectivity index (χ3n) is 3.45. The first-order valence-corrected chi connectivity index (χ1v) is 9.60. The van der Waals surface area contributed by atoms with E-state index < -0.39 is 5.97 Å². The summed E-state index contributed by atoms with van der Waals surface area (Å²) in [5, 5.41) is 3.08. The van der Waals surface area contributed by atoms with E-state index in [4.69, 9.17) is 0 Å². The molecule has 25 heavy (non-hydrogen) atoms. The van der Waals surface area contributed by atoms with Crippen molar-refractivity contribution in [2.24, 2.45) is 0 Å². The number of thiazole rings is 1. The van der Waals surface area contributed by atoms with Crippen molar-refractivity contribution in [1.82, 2.24) is 14.5 Å². The van der Waals surface area contributed by atoms with Crippen LogP contribution in [0.3, 0.4) is 0 Å². The molecule has 0 saturated heterocycles. The third-order valence-corrected chi connectivity index (χ3v) is 4.89. The van der Waals surface area contributed by atoms with Gasteiger partial charge in [-0.15, -0.1) is 0 Å². The summed E-state index contributed by atoms with van der Waals surface area (Å²) in [6, 6.07) is 7.71. The lowest BCUT2D eigenvalue weighted by Crippen LogP contribution is -2.19. The number of ether oxygens (including phenoxy) is 1. The molecule has 1 amide bonds. The van der Waals surface area contributed by atoms with Crippen molar-refractivity contribution in [1.29, 1.82) is 0 Å². The second-order valence-corrected chi connectivity index (χ2v) is 7.00. The number of para-hydroxylation sites is 2. The minimum atomic E-state index is -0.471. The van der Waals surface area contributed by atoms with Gasteiger partial charge in [-0.3, -0.25) is 4.79 Å². The van der Waals surface area contributed by atoms with E-state index in [0.717, 1.165) is 28.2 Å². The van der Waals surface area contributed by atoms with Crippen LogP contribution >= 0.6 is 23.1 Å². The maximum absolute atomic E-state index is 12.4. The zero-order valence-corrected chi connectivity index (χ0v) is 15.3. The number of nitrogens with one attached hydrogen (secondary N) is 1. The highest BCUT2D eigenvalue weighted by Gasteiger charge is 2.16. The van der Waals surface area contributed by atoms with E-state index >= 15 is 0 Å². The molecule has 0 aliphatic rings. The number of nitrogens with zero attached hydrogens (tertiary/aromatic N) is 3. The van der Waals surface area contributed by atoms with Crippen LogP contribution in [-0.2, 0) is 21.8 Å². The van der Waals surface area contributed by atoms with E-state index in [1.165, 1.54) is 13.3 Å². The molecule has 2 heterocycles. The summed E-state index contributed by atoms with van der Waals surface area (Å²) in [4.78, 5) is 32.8. The number of benzene rings is 1. The Morgan fingerprint density at radius 2 is 2.16 bits per heavy atom. The molecule has 0 atom stereocenters. The van der Waals surface area contributed by atoms with Gasteiger partial charge < -0.3 is 14.6 Å². The quantitative estimate of drug-likeness (QED) is 0.666. The van der Waals surface area contributed by atoms with Crippen LogP contribution in [0.5, 0.6) is 0 Å². The van der Waals surface area contributed by atoms with Gasteiger partial charge in [0.05, 0.1) is 30.1 Å². The van der Waals surface area contributed by atoms with E-state index in [1.807, 2.05) is 35.1 Å². The molecular formula is C16H16N4O3S2. The monoisotopic (exact) mass is 376 g/mol. The summed E-state index contributed by atoms with van der Waals surface area (Å²) in [6.07, 6.45) is 3.38. The van der Waals surface area contributed by atoms with Crippen LogP contribution in [0.15, 0.2) is 30.5 Å². The number of hydrogen-bond donors (Lipinski definition) is 1. The smallest absolute Gasteiger partial charge is 0.349 e. The van der Waals surface area contributed by atoms with E-state index in [1.54, 1.807) is 11.8 Å². The second kappa shape index (κ2) is 7.66. The average Bonchev–Trinajstić information content (AvgIpc) is 3.20. The molecule has 2 aromatic heterocycles. The summed E-state index contributed by atoms with van der Waals surface area (Å²) in [6.45, 7) is 0.129. The van der Waals surface area contributed by atoms with Crippen LogP contribution in [0.2, 0.25) is 0 Å². The SMILES string of the molecule is COC(=O)c1cnc(NC(=O)Cn2c(CSC)nc3ccccc32)s1. The van der Waals surface area contributed by atoms with Gasteiger partial charge in [0.25, 0.3) is 0 Å². The van der Waals surface area contributed by atoms with Crippen LogP contribution in [0.1, 0.15) is 15.5 Å². The topological polar surface area (TPSA) is 86.1 Å². The Morgan fingerprint density at radius 1 is 1.36 bits per heavy atom. The van der Waals surface area contributed by atoms with Crippen molar-refractivity contribution < 1.29 is 14.3 Å². The van der Waals surface area contributed by atoms with E-state index in [9.17, 15) is 9.59 Å². The van der Waals surface area contributed by atoms with Gasteiger partial charge in [-0.2, -0.15) is 11.8 Å². The standard InChI is InChI=1S/C16H16N4O3S2/c1-23-15(22)12-7-17-16(25-12)19-14(21)8-20-11-6-4-3-5-10(11)18-13(20)9-24-2/h3-7H,8-9H2,1-2H3,(H,17,19,21). The molecule has 9 heteroatoms. The van der Waals surface area contributed by atoms with Gasteiger partial charge >= 0.3 is 5.97 Å². The lowest BCUT2D eigenvalue weighted by Gasteiger charge is -2.08. The molecule has 3 aromatic rings. The number of fused-ring (bicyclic) bond motifs is 1. The Hall–Kier alpha value is -2.39. The lowest BCUT2D eigenvalue weighted by atomic mass is 10.3. The minimum absolute atomic E-state index is 0.129. The third kappa shape index (κ3) is 3.83. The lowest BCUT2D eigenvalue weighted by molar-refractivity contribution is -0.116. The molecule has 0 saturated carbocycles. The largest absolute Gasteiger partial charge is 0.465 e. The zero-order valence-electron chi connectivity index (χ0n) is 13.7. The fraction of sp³-hybridized carbons (Fsp3) is 0.250. The maximum atomic E-state index is 12.4. The molecular weight excluding hydrogens is 360 g/mol. The number of rotatable bonds is 6. The second-order valence-electron chi connectivity index (χ2n) is 5.11. The molecule has 0 aliphatic heterocycles. The fourth-order valence-corrected chi connectivity index (χ4v) is 3.60. The highest BCUT2D eigenvalue weighted by Crippen LogP contribution is 2.21. The number of imidazole rings is 1. The minimum Gasteiger partial charge on any atom is -0.465 e. The number of esters is 1. The summed E-state index contributed by atoms with van der Waals surface area (Å²) in [7, 11) is 1.30. The summed E-state index contributed by atoms with van der Waals surface area (Å²) < 4.78 is 6.53. The van der Waals surface area contributed by atoms with Crippen LogP contribution < -0.4 is 5.32 Å². The first-order chi connectivity index (χ1) is 12.1. The van der Waals surface area contributed by atoms with Gasteiger partial charge in [0, 0.05) is 0 Å². The molecule has 0 radical (unpaired) electrons. The molecule has 0 fully saturated rings. The van der Waals surface area contributed by atoms with E-state index in [-0.39, 0.29) is 12.5 Å². The van der Waals surface area contributed by atoms with Gasteiger partial charge in [-0.05, 0) is 18.4 Å². The van der Waals surface area contributed by atoms with Crippen LogP contribution in [0.25, 0.3) is 11.0 Å². The number of thioether (sulfide) groups is 1. The van der Waals surface area contributed by atoms with Crippen molar-refractivity contribution in [3.8, 4) is 0 Å². The number of anilines is 1. The molecule has 7 nitrogen and oxygen atoms in total. The highest BCUT2D eigenvalue weighted by atomic mass is 32.2. The van der Waals surface area contributed by atoms with Crippen molar-refractivity contribution in [2.45, 2.75) is 12.3 Å². The number of carbonyl (C=O) groups excluding carboxylic acids is 2. The van der Waals surface area contributed by atoms with Gasteiger partial charge in [0.1, 0.15) is 17.2 Å². The normalized spacial score (nSPS) is 10.8. The Bertz CT molecular complexity index is 919. The Balaban J connectivity index is 1.78.